The molecule has 2 aromatic rings. The van der Waals surface area contributed by atoms with Gasteiger partial charge in [0, 0.05) is 18.1 Å². The quantitative estimate of drug-likeness (QED) is 0.333. The molecule has 0 saturated heterocycles. The average Bonchev–Trinajstić information content (AvgIpc) is 3.37. The van der Waals surface area contributed by atoms with Gasteiger partial charge >= 0.3 is 0 Å². The summed E-state index contributed by atoms with van der Waals surface area (Å²) < 4.78 is 19.8. The molecule has 0 bridgehead atoms. The topological polar surface area (TPSA) is 58.5 Å². The summed E-state index contributed by atoms with van der Waals surface area (Å²) in [5, 5.41) is 7.51. The predicted molar refractivity (Wildman–Crippen MR) is 119 cm³/mol. The van der Waals surface area contributed by atoms with Gasteiger partial charge in [-0.1, -0.05) is 6.07 Å². The van der Waals surface area contributed by atoms with Crippen molar-refractivity contribution in [3.8, 4) is 5.75 Å². The number of aryl methyl sites for hydroxylation is 1. The summed E-state index contributed by atoms with van der Waals surface area (Å²) in [5.41, 5.74) is 0.842. The summed E-state index contributed by atoms with van der Waals surface area (Å²) in [6.45, 7) is 5.22. The van der Waals surface area contributed by atoms with Gasteiger partial charge < -0.3 is 15.4 Å². The first-order chi connectivity index (χ1) is 12.5. The molecule has 148 valence electrons. The van der Waals surface area contributed by atoms with Crippen LogP contribution in [0.1, 0.15) is 41.3 Å². The van der Waals surface area contributed by atoms with Gasteiger partial charge in [0.2, 0.25) is 0 Å². The Hall–Kier alpha value is -1.42. The third-order valence-electron chi connectivity index (χ3n) is 4.28. The lowest BCUT2D eigenvalue weighted by molar-refractivity contribution is 0.285. The van der Waals surface area contributed by atoms with Crippen molar-refractivity contribution < 1.29 is 9.13 Å². The lowest BCUT2D eigenvalue weighted by Gasteiger charge is -2.18. The number of nitrogens with zero attached hydrogens (tertiary/aromatic N) is 2. The number of aliphatic imine (C=N–C) groups is 1. The maximum absolute atomic E-state index is 14.3. The number of halogens is 2. The van der Waals surface area contributed by atoms with Gasteiger partial charge in [0.25, 0.3) is 0 Å². The molecule has 3 rings (SSSR count). The molecule has 1 aromatic carbocycles. The van der Waals surface area contributed by atoms with Crippen molar-refractivity contribution >= 4 is 41.3 Å². The number of nitrogens with one attached hydrogen (secondary N) is 2. The zero-order chi connectivity index (χ0) is 18.5. The van der Waals surface area contributed by atoms with Crippen molar-refractivity contribution in [2.45, 2.75) is 39.3 Å². The standard InChI is InChI=1S/C19H25FN4OS.HI/c1-12-9-22-18(26-12)10-23-19(21-3)24-13(2)15-6-7-17(16(20)8-15)25-11-14-4-5-14;/h6-9,13-14H,4-5,10-11H2,1-3H3,(H2,21,23,24);1H. The Bertz CT molecular complexity index is 779. The van der Waals surface area contributed by atoms with Crippen LogP contribution in [0.2, 0.25) is 0 Å². The van der Waals surface area contributed by atoms with Gasteiger partial charge in [0.1, 0.15) is 5.01 Å². The molecule has 1 aromatic heterocycles. The molecule has 27 heavy (non-hydrogen) atoms. The van der Waals surface area contributed by atoms with Gasteiger partial charge in [0.05, 0.1) is 19.2 Å². The highest BCUT2D eigenvalue weighted by atomic mass is 127. The predicted octanol–water partition coefficient (Wildman–Crippen LogP) is 4.42. The van der Waals surface area contributed by atoms with Crippen molar-refractivity contribution in [3.63, 3.8) is 0 Å². The monoisotopic (exact) mass is 504 g/mol. The van der Waals surface area contributed by atoms with Crippen LogP contribution >= 0.6 is 35.3 Å². The van der Waals surface area contributed by atoms with Gasteiger partial charge in [-0.25, -0.2) is 9.37 Å². The highest BCUT2D eigenvalue weighted by Gasteiger charge is 2.22. The van der Waals surface area contributed by atoms with Gasteiger partial charge in [-0.05, 0) is 50.3 Å². The Morgan fingerprint density at radius 1 is 1.44 bits per heavy atom. The lowest BCUT2D eigenvalue weighted by Crippen LogP contribution is -2.38. The van der Waals surface area contributed by atoms with Crippen molar-refractivity contribution in [2.75, 3.05) is 13.7 Å². The second-order valence-corrected chi connectivity index (χ2v) is 7.92. The van der Waals surface area contributed by atoms with Crippen molar-refractivity contribution in [1.29, 1.82) is 0 Å². The number of ether oxygens (including phenoxy) is 1. The number of rotatable bonds is 7. The van der Waals surface area contributed by atoms with E-state index in [0.717, 1.165) is 10.6 Å². The molecule has 5 nitrogen and oxygen atoms in total. The van der Waals surface area contributed by atoms with Crippen molar-refractivity contribution in [1.82, 2.24) is 15.6 Å². The van der Waals surface area contributed by atoms with Crippen LogP contribution in [-0.4, -0.2) is 24.6 Å². The molecule has 8 heteroatoms. The van der Waals surface area contributed by atoms with Crippen LogP contribution in [0.5, 0.6) is 5.75 Å². The molecule has 1 aliphatic rings. The normalized spacial score (nSPS) is 15.0. The van der Waals surface area contributed by atoms with E-state index in [-0.39, 0.29) is 35.8 Å². The minimum absolute atomic E-state index is 0. The summed E-state index contributed by atoms with van der Waals surface area (Å²) in [6, 6.07) is 5.03. The first kappa shape index (κ1) is 21.9. The Labute approximate surface area is 180 Å². The molecule has 1 unspecified atom stereocenters. The van der Waals surface area contributed by atoms with E-state index < -0.39 is 0 Å². The third kappa shape index (κ3) is 6.60. The molecule has 2 N–H and O–H groups in total. The number of thiazole rings is 1. The minimum Gasteiger partial charge on any atom is -0.490 e. The number of aromatic nitrogens is 1. The van der Waals surface area contributed by atoms with Crippen LogP contribution in [0.3, 0.4) is 0 Å². The molecule has 0 spiro atoms. The van der Waals surface area contributed by atoms with Gasteiger partial charge in [-0.15, -0.1) is 35.3 Å². The molecule has 1 fully saturated rings. The first-order valence-corrected chi connectivity index (χ1v) is 9.67. The fourth-order valence-corrected chi connectivity index (χ4v) is 3.25. The highest BCUT2D eigenvalue weighted by Crippen LogP contribution is 2.30. The maximum atomic E-state index is 14.3. The fourth-order valence-electron chi connectivity index (χ4n) is 2.52. The second-order valence-electron chi connectivity index (χ2n) is 6.60. The molecule has 1 atom stereocenters. The van der Waals surface area contributed by atoms with Crippen LogP contribution in [0, 0.1) is 18.7 Å². The number of hydrogen-bond donors (Lipinski definition) is 2. The largest absolute Gasteiger partial charge is 0.490 e. The van der Waals surface area contributed by atoms with Gasteiger partial charge in [-0.3, -0.25) is 4.99 Å². The average molecular weight is 504 g/mol. The van der Waals surface area contributed by atoms with E-state index in [9.17, 15) is 4.39 Å². The SMILES string of the molecule is CN=C(NCc1ncc(C)s1)NC(C)c1ccc(OCC2CC2)c(F)c1.I. The van der Waals surface area contributed by atoms with Crippen LogP contribution < -0.4 is 15.4 Å². The summed E-state index contributed by atoms with van der Waals surface area (Å²) in [6.07, 6.45) is 4.23. The molecule has 1 heterocycles. The molecular formula is C19H26FIN4OS. The van der Waals surface area contributed by atoms with E-state index in [1.165, 1.54) is 23.8 Å². The number of benzene rings is 1. The molecule has 1 aliphatic carbocycles. The maximum Gasteiger partial charge on any atom is 0.191 e. The van der Waals surface area contributed by atoms with E-state index in [1.807, 2.05) is 26.1 Å². The molecule has 1 saturated carbocycles. The molecular weight excluding hydrogens is 478 g/mol. The Balaban J connectivity index is 0.00000261. The fraction of sp³-hybridized carbons (Fsp3) is 0.474. The zero-order valence-corrected chi connectivity index (χ0v) is 18.9. The lowest BCUT2D eigenvalue weighted by atomic mass is 10.1. The summed E-state index contributed by atoms with van der Waals surface area (Å²) in [4.78, 5) is 9.73. The van der Waals surface area contributed by atoms with Gasteiger partial charge in [0.15, 0.2) is 17.5 Å². The number of guanidine groups is 1. The summed E-state index contributed by atoms with van der Waals surface area (Å²) in [7, 11) is 1.71. The molecule has 0 amide bonds. The third-order valence-corrected chi connectivity index (χ3v) is 5.19. The summed E-state index contributed by atoms with van der Waals surface area (Å²) in [5.74, 6) is 1.26. The van der Waals surface area contributed by atoms with Gasteiger partial charge in [-0.2, -0.15) is 0 Å². The van der Waals surface area contributed by atoms with E-state index in [4.69, 9.17) is 4.74 Å². The van der Waals surface area contributed by atoms with Crippen molar-refractivity contribution in [3.05, 3.63) is 45.7 Å². The van der Waals surface area contributed by atoms with Crippen LogP contribution in [-0.2, 0) is 6.54 Å². The second kappa shape index (κ2) is 10.2. The Morgan fingerprint density at radius 3 is 2.81 bits per heavy atom. The minimum atomic E-state index is -0.321. The number of hydrogen-bond acceptors (Lipinski definition) is 4. The Morgan fingerprint density at radius 2 is 2.22 bits per heavy atom. The first-order valence-electron chi connectivity index (χ1n) is 8.86. The van der Waals surface area contributed by atoms with E-state index >= 15 is 0 Å². The van der Waals surface area contributed by atoms with E-state index in [2.05, 4.69) is 20.6 Å². The summed E-state index contributed by atoms with van der Waals surface area (Å²) >= 11 is 1.65. The molecule has 0 radical (unpaired) electrons. The molecule has 0 aliphatic heterocycles. The van der Waals surface area contributed by atoms with Crippen LogP contribution in [0.4, 0.5) is 4.39 Å². The van der Waals surface area contributed by atoms with Crippen LogP contribution in [0.15, 0.2) is 29.4 Å². The smallest absolute Gasteiger partial charge is 0.191 e. The van der Waals surface area contributed by atoms with Crippen LogP contribution in [0.25, 0.3) is 0 Å². The Kier molecular flexibility index (Phi) is 8.28. The van der Waals surface area contributed by atoms with Crippen molar-refractivity contribution in [2.24, 2.45) is 10.9 Å². The highest BCUT2D eigenvalue weighted by molar-refractivity contribution is 14.0. The van der Waals surface area contributed by atoms with E-state index in [1.54, 1.807) is 24.5 Å². The zero-order valence-electron chi connectivity index (χ0n) is 15.8. The van der Waals surface area contributed by atoms with E-state index in [0.29, 0.717) is 30.8 Å².